The van der Waals surface area contributed by atoms with E-state index in [0.717, 1.165) is 35.3 Å². The Morgan fingerprint density at radius 2 is 1.84 bits per heavy atom. The highest BCUT2D eigenvalue weighted by Gasteiger charge is 2.34. The van der Waals surface area contributed by atoms with E-state index in [1.54, 1.807) is 20.8 Å². The molecule has 2 N–H and O–H groups in total. The molecule has 0 fully saturated rings. The van der Waals surface area contributed by atoms with Gasteiger partial charge in [0.25, 0.3) is 5.91 Å². The molecule has 32 heavy (non-hydrogen) atoms. The van der Waals surface area contributed by atoms with Crippen molar-refractivity contribution in [2.75, 3.05) is 6.54 Å². The van der Waals surface area contributed by atoms with Crippen LogP contribution in [0.3, 0.4) is 0 Å². The van der Waals surface area contributed by atoms with Crippen LogP contribution in [0.4, 0.5) is 4.79 Å². The van der Waals surface area contributed by atoms with Gasteiger partial charge in [0.05, 0.1) is 0 Å². The first-order chi connectivity index (χ1) is 14.9. The summed E-state index contributed by atoms with van der Waals surface area (Å²) in [5, 5.41) is 5.40. The molecule has 0 spiro atoms. The van der Waals surface area contributed by atoms with Gasteiger partial charge in [-0.15, -0.1) is 0 Å². The second-order valence-electron chi connectivity index (χ2n) is 8.97. The van der Waals surface area contributed by atoms with E-state index in [4.69, 9.17) is 11.2 Å². The number of carbonyl (C=O) groups excluding carboxylic acids is 3. The van der Waals surface area contributed by atoms with Crippen LogP contribution in [0, 0.1) is 26.3 Å². The van der Waals surface area contributed by atoms with E-state index in [1.165, 1.54) is 6.92 Å². The molecule has 2 unspecified atom stereocenters. The Hall–Kier alpha value is -3.01. The third-order valence-corrected chi connectivity index (χ3v) is 4.79. The minimum Gasteiger partial charge on any atom is -0.444 e. The number of nitrogens with zero attached hydrogens (tertiary/aromatic N) is 1. The molecule has 0 aliphatic heterocycles. The van der Waals surface area contributed by atoms with Gasteiger partial charge < -0.3 is 15.4 Å². The summed E-state index contributed by atoms with van der Waals surface area (Å²) >= 11 is 0. The fraction of sp³-hybridized carbons (Fsp3) is 0.560. The summed E-state index contributed by atoms with van der Waals surface area (Å²) in [5.41, 5.74) is 1.81. The number of unbranched alkanes of at least 4 members (excludes halogenated alkanes) is 2. The van der Waals surface area contributed by atoms with Crippen molar-refractivity contribution in [3.05, 3.63) is 34.9 Å². The molecule has 0 aromatic heterocycles. The monoisotopic (exact) mass is 443 g/mol. The second kappa shape index (κ2) is 12.1. The molecule has 7 heteroatoms. The molecule has 0 aliphatic carbocycles. The van der Waals surface area contributed by atoms with Crippen molar-refractivity contribution in [2.24, 2.45) is 0 Å². The summed E-state index contributed by atoms with van der Waals surface area (Å²) < 4.78 is 5.22. The van der Waals surface area contributed by atoms with Crippen LogP contribution in [0.2, 0.25) is 0 Å². The van der Waals surface area contributed by atoms with Gasteiger partial charge >= 0.3 is 6.09 Å². The lowest BCUT2D eigenvalue weighted by atomic mass is 9.97. The van der Waals surface area contributed by atoms with Crippen LogP contribution in [0.15, 0.2) is 18.2 Å². The Morgan fingerprint density at radius 1 is 1.19 bits per heavy atom. The maximum absolute atomic E-state index is 13.2. The fourth-order valence-electron chi connectivity index (χ4n) is 3.23. The third kappa shape index (κ3) is 8.26. The molecule has 1 rings (SSSR count). The zero-order valence-corrected chi connectivity index (χ0v) is 20.4. The van der Waals surface area contributed by atoms with Gasteiger partial charge in [0.2, 0.25) is 5.91 Å². The van der Waals surface area contributed by atoms with Crippen LogP contribution in [0.5, 0.6) is 0 Å². The van der Waals surface area contributed by atoms with Crippen molar-refractivity contribution >= 4 is 17.9 Å². The highest BCUT2D eigenvalue weighted by atomic mass is 16.6. The number of hydrogen-bond acceptors (Lipinski definition) is 4. The number of hydrogen-bond donors (Lipinski definition) is 2. The van der Waals surface area contributed by atoms with Gasteiger partial charge in [0.15, 0.2) is 0 Å². The molecule has 7 nitrogen and oxygen atoms in total. The number of terminal acetylenes is 1. The summed E-state index contributed by atoms with van der Waals surface area (Å²) in [4.78, 5) is 39.5. The Kier molecular flexibility index (Phi) is 10.2. The Morgan fingerprint density at radius 3 is 2.38 bits per heavy atom. The summed E-state index contributed by atoms with van der Waals surface area (Å²) in [7, 11) is 0. The van der Waals surface area contributed by atoms with E-state index in [2.05, 4.69) is 23.6 Å². The van der Waals surface area contributed by atoms with Crippen LogP contribution in [-0.4, -0.2) is 41.0 Å². The lowest BCUT2D eigenvalue weighted by molar-refractivity contribution is -0.138. The summed E-state index contributed by atoms with van der Waals surface area (Å²) in [6.45, 7) is 13.1. The summed E-state index contributed by atoms with van der Waals surface area (Å²) in [6.07, 6.45) is 7.83. The van der Waals surface area contributed by atoms with E-state index in [1.807, 2.05) is 32.0 Å². The van der Waals surface area contributed by atoms with Crippen molar-refractivity contribution in [1.29, 1.82) is 0 Å². The Balaban J connectivity index is 3.18. The summed E-state index contributed by atoms with van der Waals surface area (Å²) in [5.74, 6) is -0.934. The zero-order valence-electron chi connectivity index (χ0n) is 20.4. The third-order valence-electron chi connectivity index (χ3n) is 4.79. The number of nitrogens with one attached hydrogen (secondary N) is 2. The zero-order chi connectivity index (χ0) is 24.5. The number of ether oxygens (including phenoxy) is 1. The number of amides is 3. The average Bonchev–Trinajstić information content (AvgIpc) is 2.68. The van der Waals surface area contributed by atoms with Crippen molar-refractivity contribution in [1.82, 2.24) is 15.5 Å². The first-order valence-electron chi connectivity index (χ1n) is 11.0. The lowest BCUT2D eigenvalue weighted by Crippen LogP contribution is -2.50. The quantitative estimate of drug-likeness (QED) is 0.343. The maximum atomic E-state index is 13.2. The minimum atomic E-state index is -1.02. The molecule has 3 amide bonds. The topological polar surface area (TPSA) is 87.7 Å². The second-order valence-corrected chi connectivity index (χ2v) is 8.97. The number of rotatable bonds is 9. The molecule has 1 aromatic rings. The van der Waals surface area contributed by atoms with Crippen molar-refractivity contribution < 1.29 is 19.1 Å². The highest BCUT2D eigenvalue weighted by Crippen LogP contribution is 2.26. The normalized spacial score (nSPS) is 12.8. The average molecular weight is 444 g/mol. The Bertz CT molecular complexity index is 852. The number of carbonyl (C=O) groups is 3. The Labute approximate surface area is 192 Å². The van der Waals surface area contributed by atoms with E-state index in [9.17, 15) is 14.4 Å². The predicted octanol–water partition coefficient (Wildman–Crippen LogP) is 3.98. The van der Waals surface area contributed by atoms with Gasteiger partial charge in [-0.1, -0.05) is 50.0 Å². The van der Waals surface area contributed by atoms with Crippen LogP contribution in [-0.2, 0) is 14.3 Å². The van der Waals surface area contributed by atoms with E-state index in [0.29, 0.717) is 12.1 Å². The van der Waals surface area contributed by atoms with Crippen molar-refractivity contribution in [2.45, 2.75) is 85.4 Å². The molecular formula is C25H37N3O4. The largest absolute Gasteiger partial charge is 0.444 e. The minimum absolute atomic E-state index is 0.358. The van der Waals surface area contributed by atoms with Crippen molar-refractivity contribution in [3.8, 4) is 12.5 Å². The van der Waals surface area contributed by atoms with Crippen LogP contribution in [0.25, 0.3) is 0 Å². The van der Waals surface area contributed by atoms with Gasteiger partial charge in [-0.25, -0.2) is 4.79 Å². The van der Waals surface area contributed by atoms with Crippen LogP contribution in [0.1, 0.15) is 76.6 Å². The van der Waals surface area contributed by atoms with E-state index >= 15 is 0 Å². The van der Waals surface area contributed by atoms with Gasteiger partial charge in [-0.2, -0.15) is 0 Å². The first-order valence-corrected chi connectivity index (χ1v) is 11.0. The fourth-order valence-corrected chi connectivity index (χ4v) is 3.23. The molecule has 1 aromatic carbocycles. The van der Waals surface area contributed by atoms with E-state index in [-0.39, 0.29) is 5.91 Å². The molecule has 2 atom stereocenters. The van der Waals surface area contributed by atoms with Gasteiger partial charge in [-0.05, 0) is 59.1 Å². The maximum Gasteiger partial charge on any atom is 0.408 e. The molecule has 0 bridgehead atoms. The number of alkyl carbamates (subject to hydrolysis) is 1. The first kappa shape index (κ1) is 27.0. The summed E-state index contributed by atoms with van der Waals surface area (Å²) in [6, 6.07) is 5.98. The smallest absolute Gasteiger partial charge is 0.408 e. The lowest BCUT2D eigenvalue weighted by Gasteiger charge is -2.30. The van der Waals surface area contributed by atoms with Crippen LogP contribution >= 0.6 is 0 Å². The van der Waals surface area contributed by atoms with Gasteiger partial charge in [0.1, 0.15) is 17.7 Å². The molecule has 0 heterocycles. The van der Waals surface area contributed by atoms with Gasteiger partial charge in [0, 0.05) is 12.6 Å². The molecule has 0 aliphatic rings. The molecule has 176 valence electrons. The number of benzene rings is 1. The molecule has 0 saturated heterocycles. The SMILES string of the molecule is C#CN(C(=O)C(C)NC(=O)OC(C)(C)C)C(C(=O)NCCCCC)c1ccc(C)cc1C. The number of aryl methyl sites for hydroxylation is 2. The molecular weight excluding hydrogens is 406 g/mol. The molecule has 0 radical (unpaired) electrons. The standard InChI is InChI=1S/C25H37N3O4/c1-9-11-12-15-26-22(29)21(20-14-13-17(3)16-18(20)4)28(10-2)23(30)19(5)27-24(31)32-25(6,7)8/h2,13-14,16,19,21H,9,11-12,15H2,1,3-8H3,(H,26,29)(H,27,31). The molecule has 0 saturated carbocycles. The predicted molar refractivity (Wildman–Crippen MR) is 126 cm³/mol. The van der Waals surface area contributed by atoms with Gasteiger partial charge in [-0.3, -0.25) is 14.5 Å². The van der Waals surface area contributed by atoms with Crippen molar-refractivity contribution in [3.63, 3.8) is 0 Å². The van der Waals surface area contributed by atoms with Crippen LogP contribution < -0.4 is 10.6 Å². The van der Waals surface area contributed by atoms with E-state index < -0.39 is 29.7 Å². The highest BCUT2D eigenvalue weighted by molar-refractivity contribution is 5.93.